The van der Waals surface area contributed by atoms with Gasteiger partial charge in [-0.2, -0.15) is 8.42 Å². The lowest BCUT2D eigenvalue weighted by Crippen LogP contribution is -2.24. The molecule has 160 valence electrons. The van der Waals surface area contributed by atoms with Crippen LogP contribution in [0.4, 0.5) is 5.69 Å². The average Bonchev–Trinajstić information content (AvgIpc) is 2.64. The number of aliphatic carboxylic acids is 1. The third-order valence-electron chi connectivity index (χ3n) is 4.08. The largest absolute Gasteiger partial charge is 0.479 e. The van der Waals surface area contributed by atoms with Crippen LogP contribution in [-0.4, -0.2) is 51.0 Å². The van der Waals surface area contributed by atoms with E-state index in [9.17, 15) is 13.2 Å². The van der Waals surface area contributed by atoms with Gasteiger partial charge in [-0.3, -0.25) is 0 Å². The minimum absolute atomic E-state index is 0. The molecule has 0 fully saturated rings. The number of nitrogens with one attached hydrogen (secondary N) is 1. The third kappa shape index (κ3) is 8.95. The van der Waals surface area contributed by atoms with E-state index in [1.54, 1.807) is 12.1 Å². The van der Waals surface area contributed by atoms with Gasteiger partial charge in [0.25, 0.3) is 0 Å². The quantitative estimate of drug-likeness (QED) is 0.415. The first-order valence-corrected chi connectivity index (χ1v) is 10.7. The summed E-state index contributed by atoms with van der Waals surface area (Å²) in [7, 11) is -2.11. The lowest BCUT2D eigenvalue weighted by atomic mass is 10.1. The van der Waals surface area contributed by atoms with E-state index >= 15 is 0 Å². The van der Waals surface area contributed by atoms with E-state index in [-0.39, 0.29) is 5.48 Å². The summed E-state index contributed by atoms with van der Waals surface area (Å²) in [5.74, 6) is -0.663. The molecule has 0 bridgehead atoms. The number of anilines is 1. The first kappa shape index (κ1) is 24.4. The summed E-state index contributed by atoms with van der Waals surface area (Å²) in [6.07, 6.45) is 2.25. The molecule has 0 saturated heterocycles. The van der Waals surface area contributed by atoms with Crippen molar-refractivity contribution in [3.63, 3.8) is 0 Å². The molecule has 0 aliphatic carbocycles. The number of benzene rings is 2. The number of rotatable bonds is 11. The highest BCUT2D eigenvalue weighted by molar-refractivity contribution is 7.86. The molecule has 0 saturated carbocycles. The first-order valence-electron chi connectivity index (χ1n) is 8.83. The topological polar surface area (TPSA) is 133 Å². The summed E-state index contributed by atoms with van der Waals surface area (Å²) in [5.41, 5.74) is 2.96. The Balaban J connectivity index is 0.00000420. The Morgan fingerprint density at radius 3 is 2.17 bits per heavy atom. The van der Waals surface area contributed by atoms with Crippen LogP contribution in [0.5, 0.6) is 5.75 Å². The fourth-order valence-corrected chi connectivity index (χ4v) is 3.12. The number of hydrogen-bond donors (Lipinski definition) is 2. The van der Waals surface area contributed by atoms with Crippen LogP contribution >= 0.6 is 0 Å². The molecule has 1 atom stereocenters. The van der Waals surface area contributed by atoms with Gasteiger partial charge in [0.2, 0.25) is 0 Å². The van der Waals surface area contributed by atoms with Crippen LogP contribution in [0.1, 0.15) is 17.5 Å². The maximum absolute atomic E-state index is 11.1. The average molecular weight is 426 g/mol. The molecule has 2 aromatic carbocycles. The zero-order valence-electron chi connectivity index (χ0n) is 16.4. The van der Waals surface area contributed by atoms with E-state index in [1.165, 1.54) is 7.11 Å². The van der Waals surface area contributed by atoms with Crippen molar-refractivity contribution in [1.82, 2.24) is 0 Å². The highest BCUT2D eigenvalue weighted by Crippen LogP contribution is 2.16. The molecule has 0 aliphatic rings. The first-order chi connectivity index (χ1) is 13.3. The summed E-state index contributed by atoms with van der Waals surface area (Å²) in [6, 6.07) is 14.6. The van der Waals surface area contributed by atoms with Crippen molar-refractivity contribution >= 4 is 21.8 Å². The molecule has 2 aromatic rings. The molecule has 0 unspecified atom stereocenters. The van der Waals surface area contributed by atoms with Crippen molar-refractivity contribution in [2.45, 2.75) is 25.4 Å². The Morgan fingerprint density at radius 1 is 1.07 bits per heavy atom. The van der Waals surface area contributed by atoms with E-state index in [4.69, 9.17) is 14.0 Å². The monoisotopic (exact) mass is 425 g/mol. The maximum atomic E-state index is 11.1. The molecule has 0 aromatic heterocycles. The molecule has 0 spiro atoms. The highest BCUT2D eigenvalue weighted by Gasteiger charge is 2.16. The van der Waals surface area contributed by atoms with Gasteiger partial charge in [0.05, 0.1) is 6.26 Å². The molecule has 2 rings (SSSR count). The van der Waals surface area contributed by atoms with Gasteiger partial charge in [-0.05, 0) is 48.2 Å². The Hall–Kier alpha value is -2.62. The molecule has 0 aliphatic heterocycles. The standard InChI is InChI=1S/C20H25NO6S.H2O/c1-26-19(20(22)23)14-16-5-9-17(10-6-16)21-13-3-4-15-7-11-18(12-8-15)27-28(2,24)25;/h5-12,19,21H,3-4,13-14H2,1-2H3,(H,22,23);1H2/t19-;/m0./s1. The minimum atomic E-state index is -3.50. The third-order valence-corrected chi connectivity index (χ3v) is 4.57. The van der Waals surface area contributed by atoms with Crippen LogP contribution in [0.3, 0.4) is 0 Å². The van der Waals surface area contributed by atoms with Gasteiger partial charge in [0, 0.05) is 25.8 Å². The Labute approximate surface area is 170 Å². The SMILES string of the molecule is CO[C@@H](Cc1ccc(NCCCc2ccc(OS(C)(=O)=O)cc2)cc1)C(=O)O.O. The van der Waals surface area contributed by atoms with E-state index in [0.717, 1.165) is 42.5 Å². The second kappa shape index (κ2) is 11.4. The Kier molecular flexibility index (Phi) is 9.60. The van der Waals surface area contributed by atoms with Gasteiger partial charge < -0.3 is 24.8 Å². The van der Waals surface area contributed by atoms with Crippen molar-refractivity contribution in [3.8, 4) is 5.75 Å². The molecule has 4 N–H and O–H groups in total. The fraction of sp³-hybridized carbons (Fsp3) is 0.350. The van der Waals surface area contributed by atoms with Gasteiger partial charge >= 0.3 is 16.1 Å². The van der Waals surface area contributed by atoms with E-state index in [0.29, 0.717) is 12.2 Å². The van der Waals surface area contributed by atoms with E-state index < -0.39 is 22.2 Å². The van der Waals surface area contributed by atoms with Crippen LogP contribution in [-0.2, 0) is 32.5 Å². The van der Waals surface area contributed by atoms with Crippen molar-refractivity contribution in [2.24, 2.45) is 0 Å². The molecule has 8 nitrogen and oxygen atoms in total. The molecule has 0 amide bonds. The number of methoxy groups -OCH3 is 1. The van der Waals surface area contributed by atoms with Gasteiger partial charge in [-0.15, -0.1) is 0 Å². The lowest BCUT2D eigenvalue weighted by molar-refractivity contribution is -0.148. The van der Waals surface area contributed by atoms with Gasteiger partial charge in [0.1, 0.15) is 5.75 Å². The summed E-state index contributed by atoms with van der Waals surface area (Å²) in [5, 5.41) is 12.3. The minimum Gasteiger partial charge on any atom is -0.479 e. The van der Waals surface area contributed by atoms with Crippen molar-refractivity contribution in [3.05, 3.63) is 59.7 Å². The summed E-state index contributed by atoms with van der Waals surface area (Å²) >= 11 is 0. The van der Waals surface area contributed by atoms with E-state index in [2.05, 4.69) is 5.32 Å². The molecule has 29 heavy (non-hydrogen) atoms. The lowest BCUT2D eigenvalue weighted by Gasteiger charge is -2.11. The number of carboxylic acids is 1. The van der Waals surface area contributed by atoms with Crippen LogP contribution < -0.4 is 9.50 Å². The molecule has 9 heteroatoms. The molecular weight excluding hydrogens is 398 g/mol. The van der Waals surface area contributed by atoms with Gasteiger partial charge in [0.15, 0.2) is 6.10 Å². The Morgan fingerprint density at radius 2 is 1.66 bits per heavy atom. The molecule has 0 radical (unpaired) electrons. The number of ether oxygens (including phenoxy) is 1. The zero-order valence-corrected chi connectivity index (χ0v) is 17.2. The zero-order chi connectivity index (χ0) is 20.6. The van der Waals surface area contributed by atoms with E-state index in [1.807, 2.05) is 36.4 Å². The number of carbonyl (C=O) groups is 1. The number of hydrogen-bond acceptors (Lipinski definition) is 6. The van der Waals surface area contributed by atoms with Gasteiger partial charge in [-0.25, -0.2) is 4.79 Å². The van der Waals surface area contributed by atoms with Gasteiger partial charge in [-0.1, -0.05) is 24.3 Å². The summed E-state index contributed by atoms with van der Waals surface area (Å²) in [6.45, 7) is 0.775. The number of aryl methyl sites for hydroxylation is 1. The molecule has 0 heterocycles. The smallest absolute Gasteiger partial charge is 0.333 e. The van der Waals surface area contributed by atoms with Crippen molar-refractivity contribution < 1.29 is 32.7 Å². The highest BCUT2D eigenvalue weighted by atomic mass is 32.2. The normalized spacial score (nSPS) is 11.9. The predicted octanol–water partition coefficient (Wildman–Crippen LogP) is 1.89. The molecular formula is C20H27NO7S. The van der Waals surface area contributed by atoms with Crippen LogP contribution in [0.2, 0.25) is 0 Å². The predicted molar refractivity (Wildman–Crippen MR) is 111 cm³/mol. The summed E-state index contributed by atoms with van der Waals surface area (Å²) in [4.78, 5) is 11.0. The Bertz CT molecular complexity index is 865. The van der Waals surface area contributed by atoms with Crippen LogP contribution in [0.15, 0.2) is 48.5 Å². The second-order valence-electron chi connectivity index (χ2n) is 6.43. The maximum Gasteiger partial charge on any atom is 0.333 e. The summed E-state index contributed by atoms with van der Waals surface area (Å²) < 4.78 is 31.9. The fourth-order valence-electron chi connectivity index (χ4n) is 2.66. The van der Waals surface area contributed by atoms with Crippen LogP contribution in [0.25, 0.3) is 0 Å². The second-order valence-corrected chi connectivity index (χ2v) is 8.00. The van der Waals surface area contributed by atoms with Crippen LogP contribution in [0, 0.1) is 0 Å². The van der Waals surface area contributed by atoms with Crippen molar-refractivity contribution in [2.75, 3.05) is 25.2 Å². The van der Waals surface area contributed by atoms with Crippen molar-refractivity contribution in [1.29, 1.82) is 0 Å². The number of carboxylic acid groups (broad SMARTS) is 1.